The zero-order valence-electron chi connectivity index (χ0n) is 16.2. The summed E-state index contributed by atoms with van der Waals surface area (Å²) < 4.78 is 38.1. The first-order chi connectivity index (χ1) is 13.3. The monoisotopic (exact) mass is 406 g/mol. The van der Waals surface area contributed by atoms with Gasteiger partial charge in [0.15, 0.2) is 6.61 Å². The Kier molecular flexibility index (Phi) is 7.98. The maximum atomic E-state index is 12.5. The average molecular weight is 407 g/mol. The molecule has 0 aliphatic heterocycles. The van der Waals surface area contributed by atoms with E-state index >= 15 is 0 Å². The fourth-order valence-electron chi connectivity index (χ4n) is 2.58. The molecule has 0 aliphatic rings. The van der Waals surface area contributed by atoms with E-state index in [1.54, 1.807) is 14.0 Å². The number of ether oxygens (including phenoxy) is 2. The van der Waals surface area contributed by atoms with Crippen molar-refractivity contribution in [1.82, 2.24) is 10.0 Å². The Labute approximate surface area is 166 Å². The van der Waals surface area contributed by atoms with Crippen molar-refractivity contribution < 1.29 is 22.7 Å². The maximum Gasteiger partial charge on any atom is 0.258 e. The minimum atomic E-state index is -3.68. The van der Waals surface area contributed by atoms with Crippen LogP contribution in [0.3, 0.4) is 0 Å². The Balaban J connectivity index is 1.93. The van der Waals surface area contributed by atoms with Gasteiger partial charge in [0, 0.05) is 19.2 Å². The van der Waals surface area contributed by atoms with Gasteiger partial charge in [-0.2, -0.15) is 0 Å². The maximum absolute atomic E-state index is 12.5. The number of carbonyl (C=O) groups excluding carboxylic acids is 1. The molecule has 0 saturated heterocycles. The number of carbonyl (C=O) groups is 1. The number of hydrogen-bond acceptors (Lipinski definition) is 5. The molecular formula is C20H26N2O5S. The van der Waals surface area contributed by atoms with E-state index in [9.17, 15) is 13.2 Å². The Morgan fingerprint density at radius 1 is 1.04 bits per heavy atom. The third-order valence-corrected chi connectivity index (χ3v) is 5.52. The van der Waals surface area contributed by atoms with Gasteiger partial charge in [0.2, 0.25) is 10.0 Å². The summed E-state index contributed by atoms with van der Waals surface area (Å²) in [5.41, 5.74) is 0.875. The second-order valence-electron chi connectivity index (χ2n) is 6.44. The zero-order valence-corrected chi connectivity index (χ0v) is 17.0. The third kappa shape index (κ3) is 6.63. The second kappa shape index (κ2) is 10.2. The Hall–Kier alpha value is -2.42. The van der Waals surface area contributed by atoms with Gasteiger partial charge in [-0.15, -0.1) is 0 Å². The SMILES string of the molecule is COC[C@H](C)NC(=O)COc1ccc(S(=O)(=O)N[C@H](C)c2ccccc2)cc1. The first-order valence-electron chi connectivity index (χ1n) is 8.90. The third-order valence-electron chi connectivity index (χ3n) is 3.96. The van der Waals surface area contributed by atoms with Crippen LogP contribution >= 0.6 is 0 Å². The van der Waals surface area contributed by atoms with Crippen molar-refractivity contribution in [2.45, 2.75) is 30.8 Å². The molecule has 2 N–H and O–H groups in total. The van der Waals surface area contributed by atoms with Crippen molar-refractivity contribution in [3.63, 3.8) is 0 Å². The van der Waals surface area contributed by atoms with Gasteiger partial charge in [0.25, 0.3) is 5.91 Å². The second-order valence-corrected chi connectivity index (χ2v) is 8.15. The normalized spacial score (nSPS) is 13.5. The van der Waals surface area contributed by atoms with E-state index in [0.717, 1.165) is 5.56 Å². The van der Waals surface area contributed by atoms with Crippen molar-refractivity contribution in [3.8, 4) is 5.75 Å². The molecule has 8 heteroatoms. The van der Waals surface area contributed by atoms with Gasteiger partial charge >= 0.3 is 0 Å². The number of hydrogen-bond donors (Lipinski definition) is 2. The predicted molar refractivity (Wildman–Crippen MR) is 107 cm³/mol. The lowest BCUT2D eigenvalue weighted by Crippen LogP contribution is -2.38. The van der Waals surface area contributed by atoms with E-state index in [-0.39, 0.29) is 29.5 Å². The van der Waals surface area contributed by atoms with Crippen LogP contribution in [0.1, 0.15) is 25.5 Å². The number of sulfonamides is 1. The number of methoxy groups -OCH3 is 1. The van der Waals surface area contributed by atoms with Gasteiger partial charge in [0.1, 0.15) is 5.75 Å². The van der Waals surface area contributed by atoms with Crippen LogP contribution < -0.4 is 14.8 Å². The molecule has 28 heavy (non-hydrogen) atoms. The number of nitrogens with one attached hydrogen (secondary N) is 2. The molecule has 0 heterocycles. The van der Waals surface area contributed by atoms with Crippen LogP contribution in [0.25, 0.3) is 0 Å². The standard InChI is InChI=1S/C20H26N2O5S/c1-15(13-26-3)21-20(23)14-27-18-9-11-19(12-10-18)28(24,25)22-16(2)17-7-5-4-6-8-17/h4-12,15-16,22H,13-14H2,1-3H3,(H,21,23)/t15-,16+/m0/s1. The van der Waals surface area contributed by atoms with Crippen LogP contribution in [0.2, 0.25) is 0 Å². The van der Waals surface area contributed by atoms with Crippen LogP contribution in [0.15, 0.2) is 59.5 Å². The topological polar surface area (TPSA) is 93.7 Å². The molecule has 0 spiro atoms. The highest BCUT2D eigenvalue weighted by Gasteiger charge is 2.18. The average Bonchev–Trinajstić information content (AvgIpc) is 2.67. The van der Waals surface area contributed by atoms with E-state index in [1.165, 1.54) is 24.3 Å². The van der Waals surface area contributed by atoms with Crippen molar-refractivity contribution >= 4 is 15.9 Å². The summed E-state index contributed by atoms with van der Waals surface area (Å²) in [7, 11) is -2.12. The van der Waals surface area contributed by atoms with Gasteiger partial charge in [-0.25, -0.2) is 13.1 Å². The van der Waals surface area contributed by atoms with Crippen LogP contribution in [0, 0.1) is 0 Å². The molecule has 1 amide bonds. The lowest BCUT2D eigenvalue weighted by atomic mass is 10.1. The van der Waals surface area contributed by atoms with Crippen LogP contribution in [-0.2, 0) is 19.6 Å². The molecule has 2 atom stereocenters. The van der Waals surface area contributed by atoms with Crippen molar-refractivity contribution in [2.75, 3.05) is 20.3 Å². The molecule has 0 aliphatic carbocycles. The molecule has 2 rings (SSSR count). The highest BCUT2D eigenvalue weighted by atomic mass is 32.2. The largest absolute Gasteiger partial charge is 0.484 e. The Morgan fingerprint density at radius 2 is 1.68 bits per heavy atom. The summed E-state index contributed by atoms with van der Waals surface area (Å²) in [4.78, 5) is 11.9. The molecule has 0 radical (unpaired) electrons. The summed E-state index contributed by atoms with van der Waals surface area (Å²) in [5, 5.41) is 2.73. The van der Waals surface area contributed by atoms with E-state index in [1.807, 2.05) is 37.3 Å². The van der Waals surface area contributed by atoms with Crippen molar-refractivity contribution in [2.24, 2.45) is 0 Å². The van der Waals surface area contributed by atoms with E-state index in [2.05, 4.69) is 10.0 Å². The Bertz CT molecular complexity index is 854. The predicted octanol–water partition coefficient (Wildman–Crippen LogP) is 2.26. The smallest absolute Gasteiger partial charge is 0.258 e. The molecule has 152 valence electrons. The summed E-state index contributed by atoms with van der Waals surface area (Å²) in [6, 6.07) is 14.8. The van der Waals surface area contributed by atoms with E-state index < -0.39 is 10.0 Å². The lowest BCUT2D eigenvalue weighted by Gasteiger charge is -2.15. The van der Waals surface area contributed by atoms with Gasteiger partial charge in [0.05, 0.1) is 11.5 Å². The van der Waals surface area contributed by atoms with Gasteiger partial charge in [-0.05, 0) is 43.7 Å². The highest BCUT2D eigenvalue weighted by Crippen LogP contribution is 2.19. The number of amides is 1. The van der Waals surface area contributed by atoms with E-state index in [4.69, 9.17) is 9.47 Å². The number of rotatable bonds is 10. The molecule has 0 fully saturated rings. The summed E-state index contributed by atoms with van der Waals surface area (Å²) >= 11 is 0. The fourth-order valence-corrected chi connectivity index (χ4v) is 3.81. The minimum absolute atomic E-state index is 0.119. The minimum Gasteiger partial charge on any atom is -0.484 e. The summed E-state index contributed by atoms with van der Waals surface area (Å²) in [6.07, 6.45) is 0. The molecule has 7 nitrogen and oxygen atoms in total. The van der Waals surface area contributed by atoms with E-state index in [0.29, 0.717) is 12.4 Å². The highest BCUT2D eigenvalue weighted by molar-refractivity contribution is 7.89. The van der Waals surface area contributed by atoms with Crippen LogP contribution in [0.5, 0.6) is 5.75 Å². The molecular weight excluding hydrogens is 380 g/mol. The zero-order chi connectivity index (χ0) is 20.6. The summed E-state index contributed by atoms with van der Waals surface area (Å²) in [5.74, 6) is 0.129. The molecule has 0 unspecified atom stereocenters. The number of benzene rings is 2. The fraction of sp³-hybridized carbons (Fsp3) is 0.350. The van der Waals surface area contributed by atoms with Crippen LogP contribution in [-0.4, -0.2) is 40.7 Å². The van der Waals surface area contributed by atoms with Gasteiger partial charge in [-0.3, -0.25) is 4.79 Å². The van der Waals surface area contributed by atoms with Crippen LogP contribution in [0.4, 0.5) is 0 Å². The van der Waals surface area contributed by atoms with Crippen molar-refractivity contribution in [1.29, 1.82) is 0 Å². The molecule has 0 aromatic heterocycles. The molecule has 2 aromatic carbocycles. The lowest BCUT2D eigenvalue weighted by molar-refractivity contribution is -0.124. The Morgan fingerprint density at radius 3 is 2.29 bits per heavy atom. The molecule has 2 aromatic rings. The molecule has 0 saturated carbocycles. The van der Waals surface area contributed by atoms with Gasteiger partial charge in [-0.1, -0.05) is 30.3 Å². The first-order valence-corrected chi connectivity index (χ1v) is 10.4. The molecule has 0 bridgehead atoms. The quantitative estimate of drug-likeness (QED) is 0.631. The first kappa shape index (κ1) is 21.9. The summed E-state index contributed by atoms with van der Waals surface area (Å²) in [6.45, 7) is 3.86. The van der Waals surface area contributed by atoms with Gasteiger partial charge < -0.3 is 14.8 Å². The van der Waals surface area contributed by atoms with Crippen molar-refractivity contribution in [3.05, 3.63) is 60.2 Å².